The predicted octanol–water partition coefficient (Wildman–Crippen LogP) is 1.83. The van der Waals surface area contributed by atoms with E-state index >= 15 is 0 Å². The van der Waals surface area contributed by atoms with Crippen molar-refractivity contribution in [3.05, 3.63) is 29.3 Å². The average Bonchev–Trinajstić information content (AvgIpc) is 2.54. The van der Waals surface area contributed by atoms with Crippen LogP contribution in [0.1, 0.15) is 31.1 Å². The number of rotatable bonds is 6. The van der Waals surface area contributed by atoms with Crippen molar-refractivity contribution in [3.63, 3.8) is 0 Å². The molecule has 21 heavy (non-hydrogen) atoms. The minimum absolute atomic E-state index is 0.184. The van der Waals surface area contributed by atoms with Gasteiger partial charge >= 0.3 is 0 Å². The Morgan fingerprint density at radius 2 is 2.05 bits per heavy atom. The molecule has 1 aliphatic rings. The lowest BCUT2D eigenvalue weighted by Gasteiger charge is -2.31. The van der Waals surface area contributed by atoms with Gasteiger partial charge in [0, 0.05) is 38.3 Å². The molecule has 0 radical (unpaired) electrons. The largest absolute Gasteiger partial charge is 0.496 e. The van der Waals surface area contributed by atoms with Crippen LogP contribution in [0.15, 0.2) is 18.2 Å². The van der Waals surface area contributed by atoms with Crippen LogP contribution < -0.4 is 10.1 Å². The van der Waals surface area contributed by atoms with Gasteiger partial charge in [0.1, 0.15) is 5.75 Å². The number of aliphatic hydroxyl groups excluding tert-OH is 1. The molecule has 1 aromatic carbocycles. The Morgan fingerprint density at radius 3 is 2.67 bits per heavy atom. The summed E-state index contributed by atoms with van der Waals surface area (Å²) < 4.78 is 5.42. The van der Waals surface area contributed by atoms with E-state index in [9.17, 15) is 5.11 Å². The lowest BCUT2D eigenvalue weighted by atomic mass is 9.94. The number of aliphatic hydroxyl groups is 1. The van der Waals surface area contributed by atoms with Gasteiger partial charge in [0.15, 0.2) is 0 Å². The zero-order valence-electron chi connectivity index (χ0n) is 13.4. The molecule has 0 bridgehead atoms. The summed E-state index contributed by atoms with van der Waals surface area (Å²) in [6, 6.07) is 6.11. The van der Waals surface area contributed by atoms with Gasteiger partial charge in [-0.25, -0.2) is 0 Å². The standard InChI is InChI=1S/C17H28N2O2/c1-4-14-5-6-16(21-3)15(11-14)17(20)13(2)12-19-9-7-18-8-10-19/h5-6,11,13,17-18,20H,4,7-10,12H2,1-3H3. The molecule has 1 aromatic rings. The van der Waals surface area contributed by atoms with Gasteiger partial charge in [0.05, 0.1) is 13.2 Å². The van der Waals surface area contributed by atoms with Gasteiger partial charge in [-0.15, -0.1) is 0 Å². The third-order valence-electron chi connectivity index (χ3n) is 4.32. The van der Waals surface area contributed by atoms with Gasteiger partial charge < -0.3 is 20.1 Å². The predicted molar refractivity (Wildman–Crippen MR) is 85.8 cm³/mol. The molecule has 2 rings (SSSR count). The molecule has 1 aliphatic heterocycles. The number of ether oxygens (including phenoxy) is 1. The van der Waals surface area contributed by atoms with Gasteiger partial charge in [-0.2, -0.15) is 0 Å². The molecule has 118 valence electrons. The van der Waals surface area contributed by atoms with Crippen molar-refractivity contribution >= 4 is 0 Å². The zero-order valence-corrected chi connectivity index (χ0v) is 13.4. The highest BCUT2D eigenvalue weighted by molar-refractivity contribution is 5.39. The van der Waals surface area contributed by atoms with Crippen LogP contribution in [0, 0.1) is 5.92 Å². The van der Waals surface area contributed by atoms with Crippen molar-refractivity contribution in [2.45, 2.75) is 26.4 Å². The first-order chi connectivity index (χ1) is 10.2. The Morgan fingerprint density at radius 1 is 1.33 bits per heavy atom. The quantitative estimate of drug-likeness (QED) is 0.840. The van der Waals surface area contributed by atoms with Crippen molar-refractivity contribution in [3.8, 4) is 5.75 Å². The first kappa shape index (κ1) is 16.3. The van der Waals surface area contributed by atoms with Crippen molar-refractivity contribution in [2.75, 3.05) is 39.8 Å². The number of aryl methyl sites for hydroxylation is 1. The van der Waals surface area contributed by atoms with Gasteiger partial charge in [-0.3, -0.25) is 0 Å². The molecule has 4 nitrogen and oxygen atoms in total. The maximum absolute atomic E-state index is 10.7. The Bertz CT molecular complexity index is 444. The lowest BCUT2D eigenvalue weighted by molar-refractivity contribution is 0.0821. The second kappa shape index (κ2) is 7.78. The van der Waals surface area contributed by atoms with E-state index in [4.69, 9.17) is 4.74 Å². The molecule has 2 atom stereocenters. The van der Waals surface area contributed by atoms with Crippen LogP contribution in [-0.2, 0) is 6.42 Å². The number of methoxy groups -OCH3 is 1. The van der Waals surface area contributed by atoms with E-state index in [1.54, 1.807) is 7.11 Å². The monoisotopic (exact) mass is 292 g/mol. The van der Waals surface area contributed by atoms with E-state index in [1.807, 2.05) is 6.07 Å². The molecule has 0 amide bonds. The Hall–Kier alpha value is -1.10. The van der Waals surface area contributed by atoms with E-state index < -0.39 is 6.10 Å². The Kier molecular flexibility index (Phi) is 6.03. The van der Waals surface area contributed by atoms with Gasteiger partial charge in [0.2, 0.25) is 0 Å². The maximum Gasteiger partial charge on any atom is 0.124 e. The van der Waals surface area contributed by atoms with E-state index in [-0.39, 0.29) is 5.92 Å². The highest BCUT2D eigenvalue weighted by atomic mass is 16.5. The summed E-state index contributed by atoms with van der Waals surface area (Å²) in [5.41, 5.74) is 2.15. The number of benzene rings is 1. The average molecular weight is 292 g/mol. The summed E-state index contributed by atoms with van der Waals surface area (Å²) in [6.45, 7) is 9.36. The molecule has 2 unspecified atom stereocenters. The normalized spacial score (nSPS) is 19.2. The SMILES string of the molecule is CCc1ccc(OC)c(C(O)C(C)CN2CCNCC2)c1. The summed E-state index contributed by atoms with van der Waals surface area (Å²) in [7, 11) is 1.66. The van der Waals surface area contributed by atoms with E-state index in [1.165, 1.54) is 5.56 Å². The van der Waals surface area contributed by atoms with Gasteiger partial charge in [-0.1, -0.05) is 19.9 Å². The van der Waals surface area contributed by atoms with Crippen molar-refractivity contribution in [2.24, 2.45) is 5.92 Å². The topological polar surface area (TPSA) is 44.7 Å². The van der Waals surface area contributed by atoms with Crippen molar-refractivity contribution < 1.29 is 9.84 Å². The molecular formula is C17H28N2O2. The molecule has 0 spiro atoms. The number of hydrogen-bond donors (Lipinski definition) is 2. The summed E-state index contributed by atoms with van der Waals surface area (Å²) in [5.74, 6) is 0.968. The molecule has 0 aromatic heterocycles. The highest BCUT2D eigenvalue weighted by Gasteiger charge is 2.23. The van der Waals surface area contributed by atoms with Crippen LogP contribution in [0.3, 0.4) is 0 Å². The van der Waals surface area contributed by atoms with Crippen molar-refractivity contribution in [1.29, 1.82) is 0 Å². The molecule has 0 aliphatic carbocycles. The van der Waals surface area contributed by atoms with Crippen LogP contribution in [0.5, 0.6) is 5.75 Å². The molecule has 1 saturated heterocycles. The summed E-state index contributed by atoms with van der Waals surface area (Å²) in [6.07, 6.45) is 0.483. The summed E-state index contributed by atoms with van der Waals surface area (Å²) >= 11 is 0. The first-order valence-electron chi connectivity index (χ1n) is 7.93. The second-order valence-electron chi connectivity index (χ2n) is 5.90. The zero-order chi connectivity index (χ0) is 15.2. The fourth-order valence-electron chi connectivity index (χ4n) is 2.94. The lowest BCUT2D eigenvalue weighted by Crippen LogP contribution is -2.45. The smallest absolute Gasteiger partial charge is 0.124 e. The minimum Gasteiger partial charge on any atom is -0.496 e. The van der Waals surface area contributed by atoms with Crippen LogP contribution >= 0.6 is 0 Å². The third-order valence-corrected chi connectivity index (χ3v) is 4.32. The fraction of sp³-hybridized carbons (Fsp3) is 0.647. The number of nitrogens with one attached hydrogen (secondary N) is 1. The first-order valence-corrected chi connectivity index (χ1v) is 7.93. The molecule has 0 saturated carbocycles. The summed E-state index contributed by atoms with van der Waals surface area (Å²) in [4.78, 5) is 2.42. The van der Waals surface area contributed by atoms with Crippen LogP contribution in [0.4, 0.5) is 0 Å². The maximum atomic E-state index is 10.7. The fourth-order valence-corrected chi connectivity index (χ4v) is 2.94. The van der Waals surface area contributed by atoms with Crippen LogP contribution in [-0.4, -0.2) is 49.8 Å². The third kappa shape index (κ3) is 4.19. The Labute approximate surface area is 128 Å². The van der Waals surface area contributed by atoms with Gasteiger partial charge in [0.25, 0.3) is 0 Å². The van der Waals surface area contributed by atoms with Crippen LogP contribution in [0.2, 0.25) is 0 Å². The minimum atomic E-state index is -0.485. The molecule has 1 fully saturated rings. The van der Waals surface area contributed by atoms with Crippen LogP contribution in [0.25, 0.3) is 0 Å². The van der Waals surface area contributed by atoms with E-state index in [0.717, 1.165) is 50.5 Å². The van der Waals surface area contributed by atoms with Crippen molar-refractivity contribution in [1.82, 2.24) is 10.2 Å². The molecule has 2 N–H and O–H groups in total. The number of hydrogen-bond acceptors (Lipinski definition) is 4. The Balaban J connectivity index is 2.08. The number of nitrogens with zero attached hydrogens (tertiary/aromatic N) is 1. The highest BCUT2D eigenvalue weighted by Crippen LogP contribution is 2.31. The molecule has 1 heterocycles. The molecular weight excluding hydrogens is 264 g/mol. The van der Waals surface area contributed by atoms with Gasteiger partial charge in [-0.05, 0) is 30.0 Å². The second-order valence-corrected chi connectivity index (χ2v) is 5.90. The van der Waals surface area contributed by atoms with E-state index in [2.05, 4.69) is 36.2 Å². The molecule has 4 heteroatoms. The summed E-state index contributed by atoms with van der Waals surface area (Å²) in [5, 5.41) is 14.1. The number of piperazine rings is 1. The van der Waals surface area contributed by atoms with E-state index in [0.29, 0.717) is 0 Å².